The van der Waals surface area contributed by atoms with Gasteiger partial charge < -0.3 is 9.47 Å². The van der Waals surface area contributed by atoms with Crippen LogP contribution in [0.15, 0.2) is 83.7 Å². The van der Waals surface area contributed by atoms with Gasteiger partial charge >= 0.3 is 0 Å². The number of benzene rings is 2. The lowest BCUT2D eigenvalue weighted by atomic mass is 9.77. The van der Waals surface area contributed by atoms with Crippen molar-refractivity contribution in [2.75, 3.05) is 13.2 Å². The highest BCUT2D eigenvalue weighted by atomic mass is 16.5. The third-order valence-corrected chi connectivity index (χ3v) is 6.68. The zero-order valence-corrected chi connectivity index (χ0v) is 20.8. The van der Waals surface area contributed by atoms with E-state index in [4.69, 9.17) is 14.6 Å². The number of ether oxygens (including phenoxy) is 2. The minimum absolute atomic E-state index is 0.131. The second-order valence-electron chi connectivity index (χ2n) is 8.99. The van der Waals surface area contributed by atoms with Crippen molar-refractivity contribution >= 4 is 17.7 Å². The van der Waals surface area contributed by atoms with Crippen molar-refractivity contribution in [2.45, 2.75) is 39.2 Å². The summed E-state index contributed by atoms with van der Waals surface area (Å²) in [5, 5.41) is 6.65. The number of carbonyl (C=O) groups is 1. The van der Waals surface area contributed by atoms with Gasteiger partial charge in [-0.2, -0.15) is 5.10 Å². The fourth-order valence-electron chi connectivity index (χ4n) is 5.08. The van der Waals surface area contributed by atoms with Gasteiger partial charge in [-0.15, -0.1) is 0 Å². The summed E-state index contributed by atoms with van der Waals surface area (Å²) >= 11 is 0. The van der Waals surface area contributed by atoms with Crippen LogP contribution in [0.5, 0.6) is 11.5 Å². The van der Waals surface area contributed by atoms with Gasteiger partial charge in [0.25, 0.3) is 5.91 Å². The van der Waals surface area contributed by atoms with Crippen molar-refractivity contribution in [1.82, 2.24) is 9.99 Å². The Morgan fingerprint density at radius 1 is 1.00 bits per heavy atom. The lowest BCUT2D eigenvalue weighted by Gasteiger charge is -2.29. The molecule has 0 unspecified atom stereocenters. The van der Waals surface area contributed by atoms with Crippen LogP contribution in [0.25, 0.3) is 6.08 Å². The van der Waals surface area contributed by atoms with E-state index in [1.165, 1.54) is 5.57 Å². The van der Waals surface area contributed by atoms with Crippen molar-refractivity contribution in [1.29, 1.82) is 0 Å². The topological polar surface area (TPSA) is 64.0 Å². The van der Waals surface area contributed by atoms with E-state index in [2.05, 4.69) is 35.3 Å². The Hall–Kier alpha value is -3.93. The summed E-state index contributed by atoms with van der Waals surface area (Å²) in [4.78, 5) is 17.8. The predicted octanol–water partition coefficient (Wildman–Crippen LogP) is 6.32. The quantitative estimate of drug-likeness (QED) is 0.396. The van der Waals surface area contributed by atoms with E-state index in [0.29, 0.717) is 18.8 Å². The van der Waals surface area contributed by atoms with Crippen LogP contribution in [-0.2, 0) is 0 Å². The van der Waals surface area contributed by atoms with Crippen LogP contribution in [-0.4, -0.2) is 34.8 Å². The Bertz CT molecular complexity index is 1250. The fourth-order valence-corrected chi connectivity index (χ4v) is 5.08. The summed E-state index contributed by atoms with van der Waals surface area (Å²) in [6.07, 6.45) is 8.45. The van der Waals surface area contributed by atoms with Gasteiger partial charge in [0.2, 0.25) is 0 Å². The molecule has 1 fully saturated rings. The molecule has 5 rings (SSSR count). The number of nitrogens with zero attached hydrogens (tertiary/aromatic N) is 3. The third-order valence-electron chi connectivity index (χ3n) is 6.68. The molecule has 1 aromatic heterocycles. The van der Waals surface area contributed by atoms with E-state index in [-0.39, 0.29) is 17.9 Å². The van der Waals surface area contributed by atoms with E-state index in [1.54, 1.807) is 29.5 Å². The molecule has 1 amide bonds. The van der Waals surface area contributed by atoms with E-state index < -0.39 is 0 Å². The van der Waals surface area contributed by atoms with Crippen LogP contribution in [0.3, 0.4) is 0 Å². The first kappa shape index (κ1) is 23.8. The number of allylic oxidation sites excluding steroid dienone is 1. The van der Waals surface area contributed by atoms with Crippen LogP contribution < -0.4 is 9.47 Å². The number of rotatable bonds is 7. The third kappa shape index (κ3) is 4.89. The summed E-state index contributed by atoms with van der Waals surface area (Å²) in [6, 6.07) is 19.6. The van der Waals surface area contributed by atoms with E-state index in [0.717, 1.165) is 47.6 Å². The van der Waals surface area contributed by atoms with Crippen molar-refractivity contribution in [3.05, 3.63) is 95.3 Å². The van der Waals surface area contributed by atoms with E-state index in [9.17, 15) is 4.79 Å². The predicted molar refractivity (Wildman–Crippen MR) is 141 cm³/mol. The molecule has 184 valence electrons. The Morgan fingerprint density at radius 3 is 2.33 bits per heavy atom. The zero-order valence-electron chi connectivity index (χ0n) is 20.8. The molecule has 0 N–H and O–H groups in total. The monoisotopic (exact) mass is 481 g/mol. The molecule has 2 aromatic carbocycles. The molecular formula is C30H31N3O3. The molecule has 0 spiro atoms. The number of amides is 1. The zero-order chi connectivity index (χ0) is 24.9. The minimum Gasteiger partial charge on any atom is -0.494 e. The normalized spacial score (nSPS) is 20.1. The minimum atomic E-state index is -0.174. The van der Waals surface area contributed by atoms with Gasteiger partial charge in [-0.05, 0) is 92.3 Å². The fraction of sp³-hybridized carbons (Fsp3) is 0.300. The summed E-state index contributed by atoms with van der Waals surface area (Å²) in [6.45, 7) is 5.21. The molecular weight excluding hydrogens is 450 g/mol. The van der Waals surface area contributed by atoms with E-state index in [1.807, 2.05) is 38.1 Å². The molecule has 2 heterocycles. The number of pyridine rings is 1. The maximum Gasteiger partial charge on any atom is 0.276 e. The first-order chi connectivity index (χ1) is 17.7. The van der Waals surface area contributed by atoms with Gasteiger partial charge in [-0.1, -0.05) is 24.3 Å². The Kier molecular flexibility index (Phi) is 7.12. The highest BCUT2D eigenvalue weighted by Crippen LogP contribution is 2.45. The van der Waals surface area contributed by atoms with Gasteiger partial charge in [-0.3, -0.25) is 9.78 Å². The molecule has 3 aromatic rings. The van der Waals surface area contributed by atoms with Crippen LogP contribution in [0.2, 0.25) is 0 Å². The van der Waals surface area contributed by atoms with Crippen LogP contribution in [0.4, 0.5) is 0 Å². The highest BCUT2D eigenvalue weighted by Gasteiger charge is 2.44. The van der Waals surface area contributed by atoms with E-state index >= 15 is 0 Å². The molecule has 0 saturated heterocycles. The standard InChI is InChI=1S/C30H31N3O3/c1-3-35-25-14-10-21(11-15-25)19-23-7-5-9-27-28(23)32-33(30(34)24-8-6-18-31-20-24)29(27)22-12-16-26(17-13-22)36-4-2/h6,8,10-20,27,29H,3-5,7,9H2,1-2H3/b23-19+/t27-,29-/m1/s1. The maximum absolute atomic E-state index is 13.6. The largest absolute Gasteiger partial charge is 0.494 e. The van der Waals surface area contributed by atoms with Crippen molar-refractivity contribution in [3.63, 3.8) is 0 Å². The summed E-state index contributed by atoms with van der Waals surface area (Å²) in [5.74, 6) is 1.68. The Labute approximate surface area is 212 Å². The van der Waals surface area contributed by atoms with Crippen LogP contribution >= 0.6 is 0 Å². The average molecular weight is 482 g/mol. The lowest BCUT2D eigenvalue weighted by molar-refractivity contribution is 0.0680. The first-order valence-corrected chi connectivity index (χ1v) is 12.7. The van der Waals surface area contributed by atoms with Gasteiger partial charge in [-0.25, -0.2) is 5.01 Å². The van der Waals surface area contributed by atoms with Gasteiger partial charge in [0, 0.05) is 18.3 Å². The molecule has 1 aliphatic carbocycles. The van der Waals surface area contributed by atoms with Gasteiger partial charge in [0.15, 0.2) is 0 Å². The highest BCUT2D eigenvalue weighted by molar-refractivity contribution is 6.09. The average Bonchev–Trinajstić information content (AvgIpc) is 3.31. The summed E-state index contributed by atoms with van der Waals surface area (Å²) in [5.41, 5.74) is 4.89. The molecule has 2 atom stereocenters. The van der Waals surface area contributed by atoms with Crippen molar-refractivity contribution in [3.8, 4) is 11.5 Å². The SMILES string of the molecule is CCOc1ccc(/C=C2\CCC[C@@H]3C2=NN(C(=O)c2cccnc2)[C@@H]3c2ccc(OCC)cc2)cc1. The number of carbonyl (C=O) groups excluding carboxylic acids is 1. The maximum atomic E-state index is 13.6. The molecule has 0 bridgehead atoms. The Morgan fingerprint density at radius 2 is 1.69 bits per heavy atom. The molecule has 0 radical (unpaired) electrons. The molecule has 1 saturated carbocycles. The first-order valence-electron chi connectivity index (χ1n) is 12.7. The number of hydrazone groups is 1. The molecule has 6 heteroatoms. The summed E-state index contributed by atoms with van der Waals surface area (Å²) < 4.78 is 11.2. The molecule has 6 nitrogen and oxygen atoms in total. The number of hydrogen-bond donors (Lipinski definition) is 0. The number of hydrogen-bond acceptors (Lipinski definition) is 5. The summed E-state index contributed by atoms with van der Waals surface area (Å²) in [7, 11) is 0. The second kappa shape index (κ2) is 10.8. The lowest BCUT2D eigenvalue weighted by Crippen LogP contribution is -2.32. The molecule has 1 aliphatic heterocycles. The Balaban J connectivity index is 1.51. The van der Waals surface area contributed by atoms with Gasteiger partial charge in [0.05, 0.1) is 30.5 Å². The number of fused-ring (bicyclic) bond motifs is 1. The van der Waals surface area contributed by atoms with Crippen LogP contribution in [0, 0.1) is 5.92 Å². The van der Waals surface area contributed by atoms with Crippen LogP contribution in [0.1, 0.15) is 60.6 Å². The van der Waals surface area contributed by atoms with Crippen molar-refractivity contribution in [2.24, 2.45) is 11.0 Å². The number of aromatic nitrogens is 1. The van der Waals surface area contributed by atoms with Gasteiger partial charge in [0.1, 0.15) is 11.5 Å². The van der Waals surface area contributed by atoms with Crippen molar-refractivity contribution < 1.29 is 14.3 Å². The second-order valence-corrected chi connectivity index (χ2v) is 8.99. The molecule has 2 aliphatic rings. The smallest absolute Gasteiger partial charge is 0.276 e. The molecule has 36 heavy (non-hydrogen) atoms.